The molecule has 5 heteroatoms. The van der Waals surface area contributed by atoms with Gasteiger partial charge in [0.1, 0.15) is 5.82 Å². The minimum absolute atomic E-state index is 0. The zero-order chi connectivity index (χ0) is 10.8. The molecule has 1 unspecified atom stereocenters. The van der Waals surface area contributed by atoms with Crippen molar-refractivity contribution in [2.45, 2.75) is 19.0 Å². The van der Waals surface area contributed by atoms with Crippen molar-refractivity contribution in [2.75, 3.05) is 13.1 Å². The molecule has 1 aromatic rings. The van der Waals surface area contributed by atoms with Crippen LogP contribution in [0.15, 0.2) is 22.7 Å². The van der Waals surface area contributed by atoms with E-state index in [0.29, 0.717) is 6.54 Å². The van der Waals surface area contributed by atoms with Gasteiger partial charge < -0.3 is 5.73 Å². The first-order valence-electron chi connectivity index (χ1n) is 5.07. The number of likely N-dealkylation sites (tertiary alicyclic amines) is 1. The van der Waals surface area contributed by atoms with Crippen LogP contribution in [-0.4, -0.2) is 24.0 Å². The fourth-order valence-electron chi connectivity index (χ4n) is 1.91. The highest BCUT2D eigenvalue weighted by atomic mass is 79.9. The van der Waals surface area contributed by atoms with E-state index >= 15 is 0 Å². The zero-order valence-electron chi connectivity index (χ0n) is 8.83. The Bertz CT molecular complexity index is 342. The van der Waals surface area contributed by atoms with Crippen LogP contribution >= 0.6 is 28.3 Å². The molecule has 1 aliphatic rings. The number of benzene rings is 1. The molecule has 16 heavy (non-hydrogen) atoms. The molecule has 2 N–H and O–H groups in total. The Morgan fingerprint density at radius 1 is 1.50 bits per heavy atom. The van der Waals surface area contributed by atoms with Gasteiger partial charge in [0.25, 0.3) is 0 Å². The third-order valence-electron chi connectivity index (χ3n) is 2.75. The maximum Gasteiger partial charge on any atom is 0.128 e. The van der Waals surface area contributed by atoms with E-state index in [4.69, 9.17) is 5.73 Å². The molecular weight excluding hydrogens is 294 g/mol. The van der Waals surface area contributed by atoms with Gasteiger partial charge in [0.15, 0.2) is 0 Å². The average Bonchev–Trinajstić information content (AvgIpc) is 2.58. The second-order valence-corrected chi connectivity index (χ2v) is 4.84. The van der Waals surface area contributed by atoms with Crippen molar-refractivity contribution in [2.24, 2.45) is 5.73 Å². The van der Waals surface area contributed by atoms with Gasteiger partial charge in [-0.25, -0.2) is 4.39 Å². The van der Waals surface area contributed by atoms with Crippen molar-refractivity contribution in [1.82, 2.24) is 4.90 Å². The number of hydrogen-bond acceptors (Lipinski definition) is 2. The van der Waals surface area contributed by atoms with Gasteiger partial charge in [-0.3, -0.25) is 4.90 Å². The van der Waals surface area contributed by atoms with E-state index in [2.05, 4.69) is 20.8 Å². The largest absolute Gasteiger partial charge is 0.326 e. The third-order valence-corrected chi connectivity index (χ3v) is 3.50. The summed E-state index contributed by atoms with van der Waals surface area (Å²) >= 11 is 3.37. The van der Waals surface area contributed by atoms with Crippen molar-refractivity contribution in [3.05, 3.63) is 34.1 Å². The molecule has 0 bridgehead atoms. The van der Waals surface area contributed by atoms with E-state index in [9.17, 15) is 4.39 Å². The summed E-state index contributed by atoms with van der Waals surface area (Å²) in [5.74, 6) is -0.148. The predicted molar refractivity (Wildman–Crippen MR) is 69.2 cm³/mol. The van der Waals surface area contributed by atoms with Crippen molar-refractivity contribution in [3.63, 3.8) is 0 Å². The molecule has 0 spiro atoms. The Kier molecular flexibility index (Phi) is 5.18. The normalized spacial score (nSPS) is 20.8. The Balaban J connectivity index is 0.00000128. The average molecular weight is 310 g/mol. The van der Waals surface area contributed by atoms with Crippen LogP contribution in [0.25, 0.3) is 0 Å². The molecule has 2 rings (SSSR count). The lowest BCUT2D eigenvalue weighted by Gasteiger charge is -2.16. The number of nitrogens with zero attached hydrogens (tertiary/aromatic N) is 1. The van der Waals surface area contributed by atoms with Gasteiger partial charge in [0.2, 0.25) is 0 Å². The quantitative estimate of drug-likeness (QED) is 0.910. The molecular formula is C11H15BrClFN2. The number of nitrogens with two attached hydrogens (primary N) is 1. The van der Waals surface area contributed by atoms with E-state index in [1.165, 1.54) is 6.07 Å². The SMILES string of the molecule is Cl.NC1CCN(Cc2c(F)cccc2Br)C1. The smallest absolute Gasteiger partial charge is 0.128 e. The molecule has 1 aromatic carbocycles. The predicted octanol–water partition coefficient (Wildman–Crippen LogP) is 2.54. The summed E-state index contributed by atoms with van der Waals surface area (Å²) in [4.78, 5) is 2.19. The van der Waals surface area contributed by atoms with Crippen LogP contribution in [0.3, 0.4) is 0 Å². The fraction of sp³-hybridized carbons (Fsp3) is 0.455. The summed E-state index contributed by atoms with van der Waals surface area (Å²) in [7, 11) is 0. The van der Waals surface area contributed by atoms with Gasteiger partial charge in [0.05, 0.1) is 0 Å². The zero-order valence-corrected chi connectivity index (χ0v) is 11.2. The van der Waals surface area contributed by atoms with Gasteiger partial charge >= 0.3 is 0 Å². The van der Waals surface area contributed by atoms with Crippen molar-refractivity contribution < 1.29 is 4.39 Å². The molecule has 0 radical (unpaired) electrons. The summed E-state index contributed by atoms with van der Waals surface area (Å²) in [6, 6.07) is 5.32. The third kappa shape index (κ3) is 3.17. The van der Waals surface area contributed by atoms with Gasteiger partial charge in [-0.15, -0.1) is 12.4 Å². The molecule has 0 aromatic heterocycles. The van der Waals surface area contributed by atoms with Crippen LogP contribution in [0.4, 0.5) is 4.39 Å². The van der Waals surface area contributed by atoms with E-state index in [1.807, 2.05) is 6.07 Å². The lowest BCUT2D eigenvalue weighted by Crippen LogP contribution is -2.26. The molecule has 1 heterocycles. The van der Waals surface area contributed by atoms with E-state index < -0.39 is 0 Å². The number of hydrogen-bond donors (Lipinski definition) is 1. The summed E-state index contributed by atoms with van der Waals surface area (Å²) in [5.41, 5.74) is 6.54. The van der Waals surface area contributed by atoms with Crippen LogP contribution in [0.1, 0.15) is 12.0 Å². The molecule has 0 saturated carbocycles. The number of halogens is 3. The highest BCUT2D eigenvalue weighted by molar-refractivity contribution is 9.10. The Hall–Kier alpha value is -0.160. The van der Waals surface area contributed by atoms with Crippen molar-refractivity contribution in [3.8, 4) is 0 Å². The standard InChI is InChI=1S/C11H14BrFN2.ClH/c12-10-2-1-3-11(13)9(10)7-15-5-4-8(14)6-15;/h1-3,8H,4-7,14H2;1H. The summed E-state index contributed by atoms with van der Waals surface area (Å²) in [5, 5.41) is 0. The van der Waals surface area contributed by atoms with E-state index in [0.717, 1.165) is 29.5 Å². The maximum atomic E-state index is 13.5. The molecule has 1 atom stereocenters. The lowest BCUT2D eigenvalue weighted by molar-refractivity contribution is 0.320. The van der Waals surface area contributed by atoms with Crippen LogP contribution in [-0.2, 0) is 6.54 Å². The topological polar surface area (TPSA) is 29.3 Å². The van der Waals surface area contributed by atoms with Crippen molar-refractivity contribution >= 4 is 28.3 Å². The van der Waals surface area contributed by atoms with Gasteiger partial charge in [-0.1, -0.05) is 22.0 Å². The molecule has 0 aliphatic carbocycles. The van der Waals surface area contributed by atoms with Crippen molar-refractivity contribution in [1.29, 1.82) is 0 Å². The van der Waals surface area contributed by atoms with E-state index in [1.54, 1.807) is 6.07 Å². The van der Waals surface area contributed by atoms with Crippen LogP contribution < -0.4 is 5.73 Å². The molecule has 90 valence electrons. The maximum absolute atomic E-state index is 13.5. The second kappa shape index (κ2) is 5.96. The first-order valence-corrected chi connectivity index (χ1v) is 5.87. The fourth-order valence-corrected chi connectivity index (χ4v) is 2.38. The first-order chi connectivity index (χ1) is 7.16. The molecule has 1 aliphatic heterocycles. The van der Waals surface area contributed by atoms with Crippen LogP contribution in [0.5, 0.6) is 0 Å². The van der Waals surface area contributed by atoms with Gasteiger partial charge in [-0.2, -0.15) is 0 Å². The highest BCUT2D eigenvalue weighted by Crippen LogP contribution is 2.22. The van der Waals surface area contributed by atoms with Gasteiger partial charge in [-0.05, 0) is 18.6 Å². The highest BCUT2D eigenvalue weighted by Gasteiger charge is 2.20. The summed E-state index contributed by atoms with van der Waals surface area (Å²) in [6.07, 6.45) is 1.01. The second-order valence-electron chi connectivity index (χ2n) is 3.98. The lowest BCUT2D eigenvalue weighted by atomic mass is 10.2. The number of rotatable bonds is 2. The Morgan fingerprint density at radius 2 is 2.25 bits per heavy atom. The molecule has 2 nitrogen and oxygen atoms in total. The minimum atomic E-state index is -0.148. The molecule has 1 fully saturated rings. The molecule has 0 amide bonds. The van der Waals surface area contributed by atoms with E-state index in [-0.39, 0.29) is 24.3 Å². The Labute approximate surface area is 110 Å². The monoisotopic (exact) mass is 308 g/mol. The van der Waals surface area contributed by atoms with Gasteiger partial charge in [0, 0.05) is 35.7 Å². The van der Waals surface area contributed by atoms with Crippen LogP contribution in [0, 0.1) is 5.82 Å². The molecule has 1 saturated heterocycles. The minimum Gasteiger partial charge on any atom is -0.326 e. The summed E-state index contributed by atoms with van der Waals surface area (Å²) in [6.45, 7) is 2.46. The van der Waals surface area contributed by atoms with Crippen LogP contribution in [0.2, 0.25) is 0 Å². The summed E-state index contributed by atoms with van der Waals surface area (Å²) < 4.78 is 14.3. The first kappa shape index (κ1) is 13.9. The Morgan fingerprint density at radius 3 is 2.81 bits per heavy atom.